The number of benzene rings is 2. The van der Waals surface area contributed by atoms with Gasteiger partial charge in [-0.3, -0.25) is 0 Å². The molecule has 3 nitrogen and oxygen atoms in total. The highest BCUT2D eigenvalue weighted by molar-refractivity contribution is 9.11. The molecule has 3 rings (SSSR count). The van der Waals surface area contributed by atoms with Crippen LogP contribution in [0.4, 0.5) is 5.13 Å². The molecule has 0 saturated heterocycles. The Morgan fingerprint density at radius 2 is 1.91 bits per heavy atom. The first-order chi connectivity index (χ1) is 10.6. The van der Waals surface area contributed by atoms with Crippen LogP contribution in [0.3, 0.4) is 0 Å². The van der Waals surface area contributed by atoms with E-state index >= 15 is 0 Å². The molecule has 22 heavy (non-hydrogen) atoms. The largest absolute Gasteiger partial charge is 0.506 e. The molecule has 0 saturated carbocycles. The van der Waals surface area contributed by atoms with Crippen LogP contribution >= 0.6 is 43.2 Å². The first-order valence-corrected chi connectivity index (χ1v) is 8.83. The van der Waals surface area contributed by atoms with Crippen molar-refractivity contribution in [2.24, 2.45) is 4.99 Å². The molecule has 1 N–H and O–H groups in total. The molecular formula is C16H10Br2N2OS. The number of hydrogen-bond donors (Lipinski definition) is 1. The fraction of sp³-hybridized carbons (Fsp3) is 0. The standard InChI is InChI=1S/C16H10Br2N2OS/c17-12-6-11(15(21)13(18)7-12)8-19-16-20-14(9-22-16)10-4-2-1-3-5-10/h1-9,21H/b19-8+. The van der Waals surface area contributed by atoms with Gasteiger partial charge < -0.3 is 5.11 Å². The number of thiazole rings is 1. The third kappa shape index (κ3) is 3.45. The van der Waals surface area contributed by atoms with E-state index in [1.165, 1.54) is 11.3 Å². The van der Waals surface area contributed by atoms with Gasteiger partial charge in [0.25, 0.3) is 0 Å². The zero-order chi connectivity index (χ0) is 15.5. The molecule has 2 aromatic carbocycles. The zero-order valence-electron chi connectivity index (χ0n) is 11.2. The van der Waals surface area contributed by atoms with Gasteiger partial charge in [0.15, 0.2) is 0 Å². The molecular weight excluding hydrogens is 428 g/mol. The molecule has 0 bridgehead atoms. The molecule has 0 atom stereocenters. The molecule has 0 radical (unpaired) electrons. The number of phenolic OH excluding ortho intramolecular Hbond substituents is 1. The van der Waals surface area contributed by atoms with Gasteiger partial charge >= 0.3 is 0 Å². The van der Waals surface area contributed by atoms with Crippen molar-refractivity contribution in [1.82, 2.24) is 4.98 Å². The van der Waals surface area contributed by atoms with Crippen LogP contribution in [0.5, 0.6) is 5.75 Å². The van der Waals surface area contributed by atoms with Crippen molar-refractivity contribution in [2.75, 3.05) is 0 Å². The lowest BCUT2D eigenvalue weighted by Crippen LogP contribution is -1.84. The van der Waals surface area contributed by atoms with E-state index in [0.29, 0.717) is 15.2 Å². The third-order valence-electron chi connectivity index (χ3n) is 2.93. The van der Waals surface area contributed by atoms with E-state index in [-0.39, 0.29) is 5.75 Å². The summed E-state index contributed by atoms with van der Waals surface area (Å²) in [5.41, 5.74) is 2.59. The summed E-state index contributed by atoms with van der Waals surface area (Å²) in [5, 5.41) is 12.6. The normalized spacial score (nSPS) is 11.2. The molecule has 0 aliphatic carbocycles. The van der Waals surface area contributed by atoms with Crippen molar-refractivity contribution in [3.05, 3.63) is 62.4 Å². The van der Waals surface area contributed by atoms with Crippen LogP contribution in [0, 0.1) is 0 Å². The Labute approximate surface area is 148 Å². The van der Waals surface area contributed by atoms with Crippen LogP contribution in [-0.2, 0) is 0 Å². The van der Waals surface area contributed by atoms with Crippen molar-refractivity contribution in [1.29, 1.82) is 0 Å². The first-order valence-electron chi connectivity index (χ1n) is 6.36. The van der Waals surface area contributed by atoms with Gasteiger partial charge in [-0.25, -0.2) is 9.98 Å². The van der Waals surface area contributed by atoms with Crippen LogP contribution in [0.15, 0.2) is 61.8 Å². The second kappa shape index (κ2) is 6.73. The SMILES string of the molecule is Oc1c(Br)cc(Br)cc1/C=N/c1nc(-c2ccccc2)cs1. The van der Waals surface area contributed by atoms with E-state index in [4.69, 9.17) is 0 Å². The Hall–Kier alpha value is -1.50. The van der Waals surface area contributed by atoms with Crippen molar-refractivity contribution in [2.45, 2.75) is 0 Å². The first kappa shape index (κ1) is 15.4. The highest BCUT2D eigenvalue weighted by atomic mass is 79.9. The van der Waals surface area contributed by atoms with E-state index in [2.05, 4.69) is 41.8 Å². The number of halogens is 2. The lowest BCUT2D eigenvalue weighted by atomic mass is 10.2. The second-order valence-electron chi connectivity index (χ2n) is 4.46. The Balaban J connectivity index is 1.87. The van der Waals surface area contributed by atoms with Crippen LogP contribution in [0.1, 0.15) is 5.56 Å². The average Bonchev–Trinajstić information content (AvgIpc) is 2.99. The Bertz CT molecular complexity index is 831. The molecule has 0 amide bonds. The van der Waals surface area contributed by atoms with Gasteiger partial charge in [0.05, 0.1) is 10.2 Å². The molecule has 0 aliphatic heterocycles. The maximum absolute atomic E-state index is 10.0. The quantitative estimate of drug-likeness (QED) is 0.527. The lowest BCUT2D eigenvalue weighted by Gasteiger charge is -2.02. The molecule has 0 spiro atoms. The molecule has 1 aromatic heterocycles. The van der Waals surface area contributed by atoms with Crippen molar-refractivity contribution in [3.63, 3.8) is 0 Å². The highest BCUT2D eigenvalue weighted by Gasteiger charge is 2.06. The summed E-state index contributed by atoms with van der Waals surface area (Å²) in [7, 11) is 0. The monoisotopic (exact) mass is 436 g/mol. The number of aromatic nitrogens is 1. The number of phenols is 1. The number of hydrogen-bond acceptors (Lipinski definition) is 4. The smallest absolute Gasteiger partial charge is 0.209 e. The molecule has 0 unspecified atom stereocenters. The molecule has 0 fully saturated rings. The van der Waals surface area contributed by atoms with Gasteiger partial charge in [-0.1, -0.05) is 46.3 Å². The molecule has 1 heterocycles. The van der Waals surface area contributed by atoms with Crippen molar-refractivity contribution in [3.8, 4) is 17.0 Å². The van der Waals surface area contributed by atoms with Crippen LogP contribution in [-0.4, -0.2) is 16.3 Å². The molecule has 3 aromatic rings. The summed E-state index contributed by atoms with van der Waals surface area (Å²) < 4.78 is 1.48. The second-order valence-corrected chi connectivity index (χ2v) is 7.07. The van der Waals surface area contributed by atoms with E-state index < -0.39 is 0 Å². The zero-order valence-corrected chi connectivity index (χ0v) is 15.2. The van der Waals surface area contributed by atoms with Gasteiger partial charge in [-0.2, -0.15) is 0 Å². The highest BCUT2D eigenvalue weighted by Crippen LogP contribution is 2.31. The lowest BCUT2D eigenvalue weighted by molar-refractivity contribution is 0.471. The number of nitrogens with zero attached hydrogens (tertiary/aromatic N) is 2. The molecule has 110 valence electrons. The van der Waals surface area contributed by atoms with Crippen LogP contribution < -0.4 is 0 Å². The van der Waals surface area contributed by atoms with Gasteiger partial charge in [0, 0.05) is 27.2 Å². The summed E-state index contributed by atoms with van der Waals surface area (Å²) in [6.45, 7) is 0. The van der Waals surface area contributed by atoms with E-state index in [1.807, 2.05) is 35.7 Å². The predicted molar refractivity (Wildman–Crippen MR) is 98.3 cm³/mol. The van der Waals surface area contributed by atoms with Crippen molar-refractivity contribution >= 4 is 54.5 Å². The maximum atomic E-state index is 10.0. The Morgan fingerprint density at radius 3 is 2.68 bits per heavy atom. The Morgan fingerprint density at radius 1 is 1.14 bits per heavy atom. The summed E-state index contributed by atoms with van der Waals surface area (Å²) in [5.74, 6) is 0.159. The Kier molecular flexibility index (Phi) is 4.71. The van der Waals surface area contributed by atoms with E-state index in [0.717, 1.165) is 15.7 Å². The van der Waals surface area contributed by atoms with Crippen LogP contribution in [0.2, 0.25) is 0 Å². The van der Waals surface area contributed by atoms with E-state index in [1.54, 1.807) is 18.3 Å². The summed E-state index contributed by atoms with van der Waals surface area (Å²) >= 11 is 8.16. The van der Waals surface area contributed by atoms with Gasteiger partial charge in [-0.15, -0.1) is 11.3 Å². The number of aromatic hydroxyl groups is 1. The topological polar surface area (TPSA) is 45.5 Å². The minimum atomic E-state index is 0.159. The summed E-state index contributed by atoms with van der Waals surface area (Å²) in [4.78, 5) is 8.83. The van der Waals surface area contributed by atoms with Gasteiger partial charge in [0.1, 0.15) is 5.75 Å². The third-order valence-corrected chi connectivity index (χ3v) is 4.74. The van der Waals surface area contributed by atoms with Crippen LogP contribution in [0.25, 0.3) is 11.3 Å². The van der Waals surface area contributed by atoms with Gasteiger partial charge in [-0.05, 0) is 28.1 Å². The maximum Gasteiger partial charge on any atom is 0.209 e. The summed E-state index contributed by atoms with van der Waals surface area (Å²) in [6.07, 6.45) is 1.61. The predicted octanol–water partition coefficient (Wildman–Crippen LogP) is 5.79. The minimum absolute atomic E-state index is 0.159. The minimum Gasteiger partial charge on any atom is -0.506 e. The number of rotatable bonds is 3. The fourth-order valence-electron chi connectivity index (χ4n) is 1.87. The average molecular weight is 438 g/mol. The van der Waals surface area contributed by atoms with Gasteiger partial charge in [0.2, 0.25) is 5.13 Å². The van der Waals surface area contributed by atoms with E-state index in [9.17, 15) is 5.11 Å². The molecule has 0 aliphatic rings. The fourth-order valence-corrected chi connectivity index (χ4v) is 3.80. The van der Waals surface area contributed by atoms with Crippen molar-refractivity contribution < 1.29 is 5.11 Å². The number of aliphatic imine (C=N–C) groups is 1. The summed E-state index contributed by atoms with van der Waals surface area (Å²) in [6, 6.07) is 13.5. The molecule has 6 heteroatoms.